The Morgan fingerprint density at radius 3 is 2.40 bits per heavy atom. The van der Waals surface area contributed by atoms with Crippen LogP contribution in [0.25, 0.3) is 0 Å². The molecule has 0 aliphatic rings. The zero-order chi connectivity index (χ0) is 17.5. The number of aliphatic hydroxyl groups is 1. The summed E-state index contributed by atoms with van der Waals surface area (Å²) in [6.45, 7) is -0.135. The molecule has 0 aliphatic carbocycles. The SMILES string of the molecule is COc1ccc(CC(N)CO)cc1OC(C(=O)O)c1ccccc1.Cl. The molecule has 0 amide bonds. The monoisotopic (exact) mass is 367 g/mol. The van der Waals surface area contributed by atoms with Gasteiger partial charge in [-0.15, -0.1) is 12.4 Å². The van der Waals surface area contributed by atoms with Crippen molar-refractivity contribution >= 4 is 18.4 Å². The van der Waals surface area contributed by atoms with Crippen LogP contribution in [-0.4, -0.2) is 35.9 Å². The molecule has 0 heterocycles. The van der Waals surface area contributed by atoms with Crippen molar-refractivity contribution in [2.75, 3.05) is 13.7 Å². The summed E-state index contributed by atoms with van der Waals surface area (Å²) in [6.07, 6.45) is -0.707. The van der Waals surface area contributed by atoms with Gasteiger partial charge in [-0.25, -0.2) is 4.79 Å². The molecule has 0 saturated carbocycles. The molecule has 0 saturated heterocycles. The van der Waals surface area contributed by atoms with Gasteiger partial charge in [0.1, 0.15) is 0 Å². The minimum absolute atomic E-state index is 0. The van der Waals surface area contributed by atoms with E-state index in [2.05, 4.69) is 0 Å². The van der Waals surface area contributed by atoms with Crippen molar-refractivity contribution in [1.82, 2.24) is 0 Å². The van der Waals surface area contributed by atoms with Gasteiger partial charge in [0, 0.05) is 11.6 Å². The van der Waals surface area contributed by atoms with Crippen LogP contribution in [0.3, 0.4) is 0 Å². The summed E-state index contributed by atoms with van der Waals surface area (Å²) in [7, 11) is 1.49. The van der Waals surface area contributed by atoms with Crippen LogP contribution in [0.15, 0.2) is 48.5 Å². The van der Waals surface area contributed by atoms with E-state index in [1.165, 1.54) is 7.11 Å². The normalized spacial score (nSPS) is 12.6. The number of nitrogens with two attached hydrogens (primary N) is 1. The molecule has 2 unspecified atom stereocenters. The fourth-order valence-electron chi connectivity index (χ4n) is 2.32. The quantitative estimate of drug-likeness (QED) is 0.661. The second-order valence-corrected chi connectivity index (χ2v) is 5.38. The number of rotatable bonds is 8. The van der Waals surface area contributed by atoms with Gasteiger partial charge in [-0.05, 0) is 24.1 Å². The Morgan fingerprint density at radius 2 is 1.84 bits per heavy atom. The summed E-state index contributed by atoms with van der Waals surface area (Å²) in [6, 6.07) is 13.5. The van der Waals surface area contributed by atoms with Crippen LogP contribution in [0.4, 0.5) is 0 Å². The number of aliphatic hydroxyl groups excluding tert-OH is 1. The first kappa shape index (κ1) is 20.8. The first-order valence-electron chi connectivity index (χ1n) is 7.53. The molecule has 0 aromatic heterocycles. The van der Waals surface area contributed by atoms with E-state index in [0.717, 1.165) is 5.56 Å². The van der Waals surface area contributed by atoms with E-state index >= 15 is 0 Å². The number of hydrogen-bond donors (Lipinski definition) is 3. The number of carboxylic acid groups (broad SMARTS) is 1. The molecule has 136 valence electrons. The number of carboxylic acids is 1. The lowest BCUT2D eigenvalue weighted by molar-refractivity contribution is -0.145. The molecule has 0 fully saturated rings. The number of ether oxygens (including phenoxy) is 2. The molecule has 2 atom stereocenters. The molecule has 0 radical (unpaired) electrons. The average molecular weight is 368 g/mol. The van der Waals surface area contributed by atoms with Gasteiger partial charge < -0.3 is 25.4 Å². The van der Waals surface area contributed by atoms with Crippen molar-refractivity contribution in [3.63, 3.8) is 0 Å². The van der Waals surface area contributed by atoms with Crippen molar-refractivity contribution in [2.24, 2.45) is 5.73 Å². The van der Waals surface area contributed by atoms with Gasteiger partial charge in [-0.3, -0.25) is 0 Å². The molecule has 0 aliphatic heterocycles. The third-order valence-corrected chi connectivity index (χ3v) is 3.53. The second kappa shape index (κ2) is 9.88. The van der Waals surface area contributed by atoms with E-state index < -0.39 is 18.1 Å². The van der Waals surface area contributed by atoms with Gasteiger partial charge in [0.15, 0.2) is 11.5 Å². The standard InChI is InChI=1S/C18H21NO5.ClH/c1-23-15-8-7-12(9-14(19)11-20)10-16(15)24-17(18(21)22)13-5-3-2-4-6-13;/h2-8,10,14,17,20H,9,11,19H2,1H3,(H,21,22);1H. The van der Waals surface area contributed by atoms with Crippen molar-refractivity contribution in [3.05, 3.63) is 59.7 Å². The Morgan fingerprint density at radius 1 is 1.16 bits per heavy atom. The maximum Gasteiger partial charge on any atom is 0.349 e. The molecule has 7 heteroatoms. The third kappa shape index (κ3) is 5.63. The van der Waals surface area contributed by atoms with E-state index in [-0.39, 0.29) is 19.0 Å². The fourth-order valence-corrected chi connectivity index (χ4v) is 2.32. The number of aliphatic carboxylic acids is 1. The highest BCUT2D eigenvalue weighted by Gasteiger charge is 2.23. The van der Waals surface area contributed by atoms with E-state index in [1.807, 2.05) is 0 Å². The minimum Gasteiger partial charge on any atom is -0.493 e. The summed E-state index contributed by atoms with van der Waals surface area (Å²) in [4.78, 5) is 11.6. The number of methoxy groups -OCH3 is 1. The zero-order valence-electron chi connectivity index (χ0n) is 13.8. The van der Waals surface area contributed by atoms with Gasteiger partial charge in [0.25, 0.3) is 0 Å². The summed E-state index contributed by atoms with van der Waals surface area (Å²) >= 11 is 0. The Bertz CT molecular complexity index is 680. The molecule has 0 spiro atoms. The maximum absolute atomic E-state index is 11.6. The summed E-state index contributed by atoms with van der Waals surface area (Å²) in [5, 5.41) is 18.6. The van der Waals surface area contributed by atoms with E-state index in [0.29, 0.717) is 23.5 Å². The second-order valence-electron chi connectivity index (χ2n) is 5.38. The summed E-state index contributed by atoms with van der Waals surface area (Å²) in [5.41, 5.74) is 7.11. The fraction of sp³-hybridized carbons (Fsp3) is 0.278. The highest BCUT2D eigenvalue weighted by molar-refractivity contribution is 5.85. The summed E-state index contributed by atoms with van der Waals surface area (Å²) in [5.74, 6) is -0.351. The number of benzene rings is 2. The molecule has 0 bridgehead atoms. The van der Waals surface area contributed by atoms with Crippen LogP contribution in [0.1, 0.15) is 17.2 Å². The first-order chi connectivity index (χ1) is 11.5. The number of halogens is 1. The van der Waals surface area contributed by atoms with Gasteiger partial charge in [0.2, 0.25) is 6.10 Å². The maximum atomic E-state index is 11.6. The molecular formula is C18H22ClNO5. The first-order valence-corrected chi connectivity index (χ1v) is 7.53. The predicted octanol–water partition coefficient (Wildman–Crippen LogP) is 2.18. The summed E-state index contributed by atoms with van der Waals surface area (Å²) < 4.78 is 11.0. The van der Waals surface area contributed by atoms with Gasteiger partial charge in [-0.1, -0.05) is 36.4 Å². The van der Waals surface area contributed by atoms with Gasteiger partial charge >= 0.3 is 5.97 Å². The van der Waals surface area contributed by atoms with Crippen LogP contribution in [0.5, 0.6) is 11.5 Å². The molecule has 2 rings (SSSR count). The Balaban J connectivity index is 0.00000312. The number of carbonyl (C=O) groups is 1. The number of hydrogen-bond acceptors (Lipinski definition) is 5. The predicted molar refractivity (Wildman–Crippen MR) is 96.5 cm³/mol. The lowest BCUT2D eigenvalue weighted by atomic mass is 10.1. The van der Waals surface area contributed by atoms with Gasteiger partial charge in [0.05, 0.1) is 13.7 Å². The van der Waals surface area contributed by atoms with Crippen molar-refractivity contribution < 1.29 is 24.5 Å². The highest BCUT2D eigenvalue weighted by atomic mass is 35.5. The van der Waals surface area contributed by atoms with Crippen LogP contribution in [0, 0.1) is 0 Å². The van der Waals surface area contributed by atoms with Crippen molar-refractivity contribution in [3.8, 4) is 11.5 Å². The highest BCUT2D eigenvalue weighted by Crippen LogP contribution is 2.32. The van der Waals surface area contributed by atoms with Crippen molar-refractivity contribution in [1.29, 1.82) is 0 Å². The largest absolute Gasteiger partial charge is 0.493 e. The minimum atomic E-state index is -1.15. The van der Waals surface area contributed by atoms with Crippen molar-refractivity contribution in [2.45, 2.75) is 18.6 Å². The van der Waals surface area contributed by atoms with Crippen LogP contribution >= 0.6 is 12.4 Å². The van der Waals surface area contributed by atoms with E-state index in [1.54, 1.807) is 48.5 Å². The zero-order valence-corrected chi connectivity index (χ0v) is 14.6. The molecule has 6 nitrogen and oxygen atoms in total. The van der Waals surface area contributed by atoms with Crippen LogP contribution < -0.4 is 15.2 Å². The Hall–Kier alpha value is -2.28. The van der Waals surface area contributed by atoms with E-state index in [9.17, 15) is 9.90 Å². The third-order valence-electron chi connectivity index (χ3n) is 3.53. The molecule has 2 aromatic carbocycles. The molecule has 2 aromatic rings. The average Bonchev–Trinajstić information content (AvgIpc) is 2.60. The Kier molecular flexibility index (Phi) is 8.21. The Labute approximate surface area is 152 Å². The van der Waals surface area contributed by atoms with Crippen LogP contribution in [0.2, 0.25) is 0 Å². The smallest absolute Gasteiger partial charge is 0.349 e. The lowest BCUT2D eigenvalue weighted by Crippen LogP contribution is -2.26. The van der Waals surface area contributed by atoms with E-state index in [4.69, 9.17) is 20.3 Å². The lowest BCUT2D eigenvalue weighted by Gasteiger charge is -2.18. The van der Waals surface area contributed by atoms with Gasteiger partial charge in [-0.2, -0.15) is 0 Å². The molecule has 25 heavy (non-hydrogen) atoms. The molecular weight excluding hydrogens is 346 g/mol. The molecule has 4 N–H and O–H groups in total. The topological polar surface area (TPSA) is 102 Å². The van der Waals surface area contributed by atoms with Crippen LogP contribution in [-0.2, 0) is 11.2 Å².